The lowest BCUT2D eigenvalue weighted by Gasteiger charge is -2.34. The van der Waals surface area contributed by atoms with Crippen LogP contribution >= 0.6 is 0 Å². The summed E-state index contributed by atoms with van der Waals surface area (Å²) in [6.45, 7) is 4.35. The van der Waals surface area contributed by atoms with Gasteiger partial charge in [-0.05, 0) is 62.6 Å². The van der Waals surface area contributed by atoms with Crippen molar-refractivity contribution in [2.45, 2.75) is 31.6 Å². The number of nitrogens with zero attached hydrogens (tertiary/aromatic N) is 2. The molecule has 0 unspecified atom stereocenters. The zero-order valence-electron chi connectivity index (χ0n) is 19.5. The predicted molar refractivity (Wildman–Crippen MR) is 128 cm³/mol. The smallest absolute Gasteiger partial charge is 0.262 e. The Labute approximate surface area is 199 Å². The standard InChI is InChI=1S/C24H29N3O6S/c1-4-27(18-7-9-19(32-3)10-8-18)24(29)17-6-5-11-26(14-17)34(30,31)22-13-21-20(12-16(22)2)25-23(28)15-33-21/h7-10,12-13,17H,4-6,11,14-15H2,1-3H3,(H,25,28)/t17-/m1/s1. The van der Waals surface area contributed by atoms with Crippen molar-refractivity contribution >= 4 is 33.2 Å². The van der Waals surface area contributed by atoms with Crippen molar-refractivity contribution in [1.29, 1.82) is 0 Å². The molecule has 0 bridgehead atoms. The Balaban J connectivity index is 1.56. The number of nitrogens with one attached hydrogen (secondary N) is 1. The molecule has 2 aliphatic rings. The van der Waals surface area contributed by atoms with Crippen LogP contribution in [0.25, 0.3) is 0 Å². The summed E-state index contributed by atoms with van der Waals surface area (Å²) in [5.41, 5.74) is 1.71. The molecule has 0 aromatic heterocycles. The molecular weight excluding hydrogens is 458 g/mol. The number of hydrogen-bond acceptors (Lipinski definition) is 6. The van der Waals surface area contributed by atoms with Crippen molar-refractivity contribution in [3.8, 4) is 11.5 Å². The molecule has 0 aliphatic carbocycles. The second kappa shape index (κ2) is 9.63. The summed E-state index contributed by atoms with van der Waals surface area (Å²) >= 11 is 0. The maximum absolute atomic E-state index is 13.6. The highest BCUT2D eigenvalue weighted by Crippen LogP contribution is 2.35. The van der Waals surface area contributed by atoms with Crippen LogP contribution in [0.1, 0.15) is 25.3 Å². The molecule has 2 aliphatic heterocycles. The Hall–Kier alpha value is -3.11. The highest BCUT2D eigenvalue weighted by molar-refractivity contribution is 7.89. The summed E-state index contributed by atoms with van der Waals surface area (Å²) in [5, 5.41) is 2.69. The van der Waals surface area contributed by atoms with Gasteiger partial charge in [0.15, 0.2) is 6.61 Å². The van der Waals surface area contributed by atoms with E-state index in [1.807, 2.05) is 19.1 Å². The van der Waals surface area contributed by atoms with E-state index in [0.717, 1.165) is 5.69 Å². The van der Waals surface area contributed by atoms with Crippen LogP contribution in [0, 0.1) is 12.8 Å². The van der Waals surface area contributed by atoms with Crippen LogP contribution in [0.5, 0.6) is 11.5 Å². The van der Waals surface area contributed by atoms with Crippen LogP contribution in [0.3, 0.4) is 0 Å². The summed E-state index contributed by atoms with van der Waals surface area (Å²) in [6.07, 6.45) is 1.21. The number of amides is 2. The molecule has 1 atom stereocenters. The molecule has 9 nitrogen and oxygen atoms in total. The molecule has 4 rings (SSSR count). The summed E-state index contributed by atoms with van der Waals surface area (Å²) in [5.74, 6) is 0.202. The number of methoxy groups -OCH3 is 1. The minimum atomic E-state index is -3.86. The maximum atomic E-state index is 13.6. The van der Waals surface area contributed by atoms with Crippen molar-refractivity contribution in [1.82, 2.24) is 4.31 Å². The lowest BCUT2D eigenvalue weighted by Crippen LogP contribution is -2.47. The van der Waals surface area contributed by atoms with Gasteiger partial charge in [0.1, 0.15) is 11.5 Å². The van der Waals surface area contributed by atoms with Gasteiger partial charge in [-0.25, -0.2) is 8.42 Å². The van der Waals surface area contributed by atoms with E-state index < -0.39 is 15.9 Å². The van der Waals surface area contributed by atoms with E-state index >= 15 is 0 Å². The Kier molecular flexibility index (Phi) is 6.81. The number of rotatable bonds is 6. The Morgan fingerprint density at radius 2 is 2.00 bits per heavy atom. The molecule has 0 saturated carbocycles. The van der Waals surface area contributed by atoms with E-state index in [1.54, 1.807) is 37.1 Å². The van der Waals surface area contributed by atoms with Crippen LogP contribution in [0.2, 0.25) is 0 Å². The van der Waals surface area contributed by atoms with Crippen molar-refractivity contribution in [3.63, 3.8) is 0 Å². The van der Waals surface area contributed by atoms with E-state index in [9.17, 15) is 18.0 Å². The third-order valence-corrected chi connectivity index (χ3v) is 8.23. The number of anilines is 2. The SMILES string of the molecule is CCN(C(=O)[C@@H]1CCCN(S(=O)(=O)c2cc3c(cc2C)NC(=O)CO3)C1)c1ccc(OC)cc1. The minimum absolute atomic E-state index is 0.0965. The molecule has 10 heteroatoms. The first kappa shape index (κ1) is 24.0. The highest BCUT2D eigenvalue weighted by Gasteiger charge is 2.36. The van der Waals surface area contributed by atoms with Crippen molar-refractivity contribution in [2.24, 2.45) is 5.92 Å². The lowest BCUT2D eigenvalue weighted by atomic mass is 9.97. The number of hydrogen-bond donors (Lipinski definition) is 1. The molecule has 2 aromatic rings. The average Bonchev–Trinajstić information content (AvgIpc) is 2.84. The number of carbonyl (C=O) groups is 2. The zero-order valence-corrected chi connectivity index (χ0v) is 20.4. The minimum Gasteiger partial charge on any atom is -0.497 e. The first-order chi connectivity index (χ1) is 16.2. The zero-order chi connectivity index (χ0) is 24.5. The van der Waals surface area contributed by atoms with Crippen molar-refractivity contribution < 1.29 is 27.5 Å². The molecular formula is C24H29N3O6S. The molecule has 1 saturated heterocycles. The molecule has 2 amide bonds. The third-order valence-electron chi connectivity index (χ3n) is 6.23. The van der Waals surface area contributed by atoms with Crippen LogP contribution in [-0.2, 0) is 19.6 Å². The summed E-state index contributed by atoms with van der Waals surface area (Å²) in [4.78, 5) is 26.8. The Bertz CT molecular complexity index is 1200. The van der Waals surface area contributed by atoms with E-state index in [2.05, 4.69) is 5.32 Å². The topological polar surface area (TPSA) is 105 Å². The van der Waals surface area contributed by atoms with Gasteiger partial charge in [0.05, 0.1) is 23.6 Å². The highest BCUT2D eigenvalue weighted by atomic mass is 32.2. The molecule has 182 valence electrons. The monoisotopic (exact) mass is 487 g/mol. The normalized spacial score (nSPS) is 18.4. The molecule has 34 heavy (non-hydrogen) atoms. The second-order valence-electron chi connectivity index (χ2n) is 8.43. The number of benzene rings is 2. The number of carbonyl (C=O) groups excluding carboxylic acids is 2. The molecule has 2 aromatic carbocycles. The number of sulfonamides is 1. The van der Waals surface area contributed by atoms with Crippen LogP contribution in [0.4, 0.5) is 11.4 Å². The fraction of sp³-hybridized carbons (Fsp3) is 0.417. The van der Waals surface area contributed by atoms with Gasteiger partial charge in [-0.2, -0.15) is 4.31 Å². The summed E-state index contributed by atoms with van der Waals surface area (Å²) in [6, 6.07) is 10.3. The van der Waals surface area contributed by atoms with Crippen LogP contribution < -0.4 is 19.7 Å². The van der Waals surface area contributed by atoms with E-state index in [4.69, 9.17) is 9.47 Å². The predicted octanol–water partition coefficient (Wildman–Crippen LogP) is 2.79. The molecule has 1 N–H and O–H groups in total. The van der Waals surface area contributed by atoms with Crippen molar-refractivity contribution in [2.75, 3.05) is 43.6 Å². The fourth-order valence-electron chi connectivity index (χ4n) is 4.44. The van der Waals surface area contributed by atoms with E-state index in [-0.39, 0.29) is 29.9 Å². The largest absolute Gasteiger partial charge is 0.497 e. The van der Waals surface area contributed by atoms with Gasteiger partial charge in [-0.3, -0.25) is 9.59 Å². The third kappa shape index (κ3) is 4.60. The number of aryl methyl sites for hydroxylation is 1. The Morgan fingerprint density at radius 3 is 2.68 bits per heavy atom. The van der Waals surface area contributed by atoms with Gasteiger partial charge in [-0.15, -0.1) is 0 Å². The van der Waals surface area contributed by atoms with Gasteiger partial charge >= 0.3 is 0 Å². The molecule has 1 fully saturated rings. The van der Waals surface area contributed by atoms with Gasteiger partial charge in [0.2, 0.25) is 15.9 Å². The second-order valence-corrected chi connectivity index (χ2v) is 10.3. The maximum Gasteiger partial charge on any atom is 0.262 e. The van der Waals surface area contributed by atoms with E-state index in [1.165, 1.54) is 10.4 Å². The number of piperidine rings is 1. The van der Waals surface area contributed by atoms with Crippen LogP contribution in [0.15, 0.2) is 41.3 Å². The molecule has 0 spiro atoms. The van der Waals surface area contributed by atoms with Crippen LogP contribution in [-0.4, -0.2) is 57.9 Å². The Morgan fingerprint density at radius 1 is 1.26 bits per heavy atom. The van der Waals surface area contributed by atoms with Gasteiger partial charge < -0.3 is 19.7 Å². The average molecular weight is 488 g/mol. The summed E-state index contributed by atoms with van der Waals surface area (Å²) < 4.78 is 39.1. The van der Waals surface area contributed by atoms with Gasteiger partial charge in [0.25, 0.3) is 5.91 Å². The molecule has 2 heterocycles. The van der Waals surface area contributed by atoms with Gasteiger partial charge in [0, 0.05) is 31.4 Å². The summed E-state index contributed by atoms with van der Waals surface area (Å²) in [7, 11) is -2.27. The number of ether oxygens (including phenoxy) is 2. The lowest BCUT2D eigenvalue weighted by molar-refractivity contribution is -0.123. The molecule has 0 radical (unpaired) electrons. The van der Waals surface area contributed by atoms with E-state index in [0.29, 0.717) is 48.7 Å². The first-order valence-corrected chi connectivity index (χ1v) is 12.7. The number of fused-ring (bicyclic) bond motifs is 1. The van der Waals surface area contributed by atoms with Gasteiger partial charge in [-0.1, -0.05) is 0 Å². The first-order valence-electron chi connectivity index (χ1n) is 11.3. The fourth-order valence-corrected chi connectivity index (χ4v) is 6.19. The van der Waals surface area contributed by atoms with Crippen molar-refractivity contribution in [3.05, 3.63) is 42.0 Å². The quantitative estimate of drug-likeness (QED) is 0.672.